The first-order valence-electron chi connectivity index (χ1n) is 6.22. The molecule has 1 aromatic heterocycles. The maximum Gasteiger partial charge on any atom is 0.256 e. The van der Waals surface area contributed by atoms with E-state index in [-0.39, 0.29) is 5.91 Å². The van der Waals surface area contributed by atoms with Gasteiger partial charge in [0.2, 0.25) is 0 Å². The van der Waals surface area contributed by atoms with Gasteiger partial charge in [0.05, 0.1) is 11.1 Å². The maximum atomic E-state index is 12.6. The molecule has 0 bridgehead atoms. The summed E-state index contributed by atoms with van der Waals surface area (Å²) in [5.41, 5.74) is 1.74. The smallest absolute Gasteiger partial charge is 0.256 e. The number of para-hydroxylation sites is 1. The molecule has 3 rings (SSSR count). The quantitative estimate of drug-likeness (QED) is 0.856. The monoisotopic (exact) mass is 260 g/mol. The Morgan fingerprint density at radius 2 is 2.33 bits per heavy atom. The number of hydrogen-bond donors (Lipinski definition) is 1. The summed E-state index contributed by atoms with van der Waals surface area (Å²) in [4.78, 5) is 17.8. The highest BCUT2D eigenvalue weighted by atomic mass is 32.2. The van der Waals surface area contributed by atoms with Crippen LogP contribution >= 0.6 is 11.8 Å². The molecule has 3 nitrogen and oxygen atoms in total. The molecule has 4 heteroatoms. The number of aromatic nitrogens is 1. The van der Waals surface area contributed by atoms with E-state index in [4.69, 9.17) is 0 Å². The van der Waals surface area contributed by atoms with Gasteiger partial charge >= 0.3 is 0 Å². The first-order valence-corrected chi connectivity index (χ1v) is 7.37. The first kappa shape index (κ1) is 11.7. The Hall–Kier alpha value is -1.42. The molecule has 1 atom stereocenters. The zero-order valence-electron chi connectivity index (χ0n) is 10.3. The van der Waals surface area contributed by atoms with Gasteiger partial charge in [-0.3, -0.25) is 4.79 Å². The van der Waals surface area contributed by atoms with Gasteiger partial charge in [0, 0.05) is 35.7 Å². The van der Waals surface area contributed by atoms with E-state index >= 15 is 0 Å². The van der Waals surface area contributed by atoms with Crippen LogP contribution in [0.5, 0.6) is 0 Å². The second kappa shape index (κ2) is 4.69. The van der Waals surface area contributed by atoms with E-state index in [1.54, 1.807) is 0 Å². The van der Waals surface area contributed by atoms with E-state index < -0.39 is 0 Å². The number of carbonyl (C=O) groups is 1. The highest BCUT2D eigenvalue weighted by Crippen LogP contribution is 2.22. The van der Waals surface area contributed by atoms with Crippen LogP contribution in [-0.4, -0.2) is 39.9 Å². The standard InChI is InChI=1S/C14H16N2OS/c1-10-9-18-8-7-16(10)14(17)12-4-2-3-11-5-6-15-13(11)12/h2-6,10,15H,7-9H2,1H3. The molecule has 1 N–H and O–H groups in total. The summed E-state index contributed by atoms with van der Waals surface area (Å²) in [5.74, 6) is 2.22. The number of hydrogen-bond acceptors (Lipinski definition) is 2. The Bertz CT molecular complexity index is 578. The zero-order valence-corrected chi connectivity index (χ0v) is 11.2. The summed E-state index contributed by atoms with van der Waals surface area (Å²) < 4.78 is 0. The summed E-state index contributed by atoms with van der Waals surface area (Å²) in [6.07, 6.45) is 1.89. The molecule has 1 aliphatic heterocycles. The van der Waals surface area contributed by atoms with Crippen LogP contribution in [0.2, 0.25) is 0 Å². The molecule has 1 unspecified atom stereocenters. The van der Waals surface area contributed by atoms with Gasteiger partial charge in [-0.25, -0.2) is 0 Å². The number of benzene rings is 1. The second-order valence-corrected chi connectivity index (χ2v) is 5.82. The number of nitrogens with one attached hydrogen (secondary N) is 1. The van der Waals surface area contributed by atoms with Crippen molar-refractivity contribution in [3.05, 3.63) is 36.0 Å². The summed E-state index contributed by atoms with van der Waals surface area (Å²) in [7, 11) is 0. The lowest BCUT2D eigenvalue weighted by Crippen LogP contribution is -2.44. The Kier molecular flexibility index (Phi) is 3.04. The van der Waals surface area contributed by atoms with E-state index in [0.29, 0.717) is 6.04 Å². The lowest BCUT2D eigenvalue weighted by atomic mass is 10.1. The minimum atomic E-state index is 0.149. The van der Waals surface area contributed by atoms with Gasteiger partial charge in [-0.05, 0) is 19.1 Å². The lowest BCUT2D eigenvalue weighted by Gasteiger charge is -2.33. The SMILES string of the molecule is CC1CSCCN1C(=O)c1cccc2cc[nH]c12. The van der Waals surface area contributed by atoms with Crippen LogP contribution in [0.25, 0.3) is 10.9 Å². The third-order valence-corrected chi connectivity index (χ3v) is 4.64. The molecule has 2 heterocycles. The molecular weight excluding hydrogens is 244 g/mol. The second-order valence-electron chi connectivity index (χ2n) is 4.67. The summed E-state index contributed by atoms with van der Waals surface area (Å²) >= 11 is 1.92. The molecule has 1 saturated heterocycles. The van der Waals surface area contributed by atoms with Crippen LogP contribution in [0.15, 0.2) is 30.5 Å². The number of H-pyrrole nitrogens is 1. The van der Waals surface area contributed by atoms with E-state index in [9.17, 15) is 4.79 Å². The van der Waals surface area contributed by atoms with Gasteiger partial charge in [-0.2, -0.15) is 11.8 Å². The Morgan fingerprint density at radius 1 is 1.44 bits per heavy atom. The van der Waals surface area contributed by atoms with Crippen molar-refractivity contribution >= 4 is 28.6 Å². The molecule has 1 fully saturated rings. The predicted octanol–water partition coefficient (Wildman–Crippen LogP) is 2.75. The fourth-order valence-corrected chi connectivity index (χ4v) is 3.46. The lowest BCUT2D eigenvalue weighted by molar-refractivity contribution is 0.0718. The van der Waals surface area contributed by atoms with Crippen LogP contribution < -0.4 is 0 Å². The van der Waals surface area contributed by atoms with Crippen molar-refractivity contribution in [3.63, 3.8) is 0 Å². The van der Waals surface area contributed by atoms with Crippen LogP contribution in [0.1, 0.15) is 17.3 Å². The van der Waals surface area contributed by atoms with Gasteiger partial charge in [0.25, 0.3) is 5.91 Å². The van der Waals surface area contributed by atoms with Crippen LogP contribution in [0.3, 0.4) is 0 Å². The van der Waals surface area contributed by atoms with Crippen LogP contribution in [0, 0.1) is 0 Å². The summed E-state index contributed by atoms with van der Waals surface area (Å²) in [6, 6.07) is 8.21. The number of aromatic amines is 1. The highest BCUT2D eigenvalue weighted by Gasteiger charge is 2.25. The average molecular weight is 260 g/mol. The molecule has 0 radical (unpaired) electrons. The van der Waals surface area contributed by atoms with Crippen molar-refractivity contribution in [1.29, 1.82) is 0 Å². The van der Waals surface area contributed by atoms with Crippen molar-refractivity contribution in [3.8, 4) is 0 Å². The third-order valence-electron chi connectivity index (χ3n) is 3.45. The van der Waals surface area contributed by atoms with Gasteiger partial charge in [-0.15, -0.1) is 0 Å². The van der Waals surface area contributed by atoms with Crippen molar-refractivity contribution in [2.24, 2.45) is 0 Å². The molecule has 1 aromatic carbocycles. The molecule has 0 aliphatic carbocycles. The fraction of sp³-hybridized carbons (Fsp3) is 0.357. The van der Waals surface area contributed by atoms with Gasteiger partial charge < -0.3 is 9.88 Å². The fourth-order valence-electron chi connectivity index (χ4n) is 2.45. The molecule has 18 heavy (non-hydrogen) atoms. The van der Waals surface area contributed by atoms with Gasteiger partial charge in [0.1, 0.15) is 0 Å². The van der Waals surface area contributed by atoms with E-state index in [0.717, 1.165) is 34.5 Å². The molecule has 1 aliphatic rings. The van der Waals surface area contributed by atoms with Gasteiger partial charge in [-0.1, -0.05) is 12.1 Å². The minimum absolute atomic E-state index is 0.149. The average Bonchev–Trinajstić information content (AvgIpc) is 2.86. The topological polar surface area (TPSA) is 36.1 Å². The van der Waals surface area contributed by atoms with Crippen molar-refractivity contribution in [2.75, 3.05) is 18.1 Å². The Labute approximate surface area is 111 Å². The molecule has 2 aromatic rings. The molecule has 0 spiro atoms. The van der Waals surface area contributed by atoms with Crippen molar-refractivity contribution in [2.45, 2.75) is 13.0 Å². The van der Waals surface area contributed by atoms with E-state index in [2.05, 4.69) is 11.9 Å². The Morgan fingerprint density at radius 3 is 3.17 bits per heavy atom. The number of nitrogens with zero attached hydrogens (tertiary/aromatic N) is 1. The molecular formula is C14H16N2OS. The van der Waals surface area contributed by atoms with Crippen LogP contribution in [-0.2, 0) is 0 Å². The normalized spacial score (nSPS) is 20.3. The number of thioether (sulfide) groups is 1. The highest BCUT2D eigenvalue weighted by molar-refractivity contribution is 7.99. The van der Waals surface area contributed by atoms with E-state index in [1.807, 2.05) is 47.1 Å². The van der Waals surface area contributed by atoms with E-state index in [1.165, 1.54) is 0 Å². The number of fused-ring (bicyclic) bond motifs is 1. The van der Waals surface area contributed by atoms with Crippen molar-refractivity contribution < 1.29 is 4.79 Å². The molecule has 1 amide bonds. The molecule has 0 saturated carbocycles. The largest absolute Gasteiger partial charge is 0.361 e. The zero-order chi connectivity index (χ0) is 12.5. The number of rotatable bonds is 1. The van der Waals surface area contributed by atoms with Crippen molar-refractivity contribution in [1.82, 2.24) is 9.88 Å². The summed E-state index contributed by atoms with van der Waals surface area (Å²) in [5, 5.41) is 1.10. The Balaban J connectivity index is 1.98. The molecule has 94 valence electrons. The predicted molar refractivity (Wildman–Crippen MR) is 76.1 cm³/mol. The van der Waals surface area contributed by atoms with Gasteiger partial charge in [0.15, 0.2) is 0 Å². The van der Waals surface area contributed by atoms with Crippen LogP contribution in [0.4, 0.5) is 0 Å². The number of amides is 1. The number of carbonyl (C=O) groups excluding carboxylic acids is 1. The minimum Gasteiger partial charge on any atom is -0.361 e. The maximum absolute atomic E-state index is 12.6. The third kappa shape index (κ3) is 1.90. The first-order chi connectivity index (χ1) is 8.77. The summed E-state index contributed by atoms with van der Waals surface area (Å²) in [6.45, 7) is 2.97.